The number of halogens is 1. The highest BCUT2D eigenvalue weighted by atomic mass is 32.2. The van der Waals surface area contributed by atoms with E-state index in [1.54, 1.807) is 24.0 Å². The van der Waals surface area contributed by atoms with Crippen LogP contribution in [0.1, 0.15) is 61.1 Å². The van der Waals surface area contributed by atoms with Crippen LogP contribution in [0.25, 0.3) is 22.3 Å². The molecular weight excluding hydrogens is 615 g/mol. The lowest BCUT2D eigenvalue weighted by Crippen LogP contribution is -2.48. The largest absolute Gasteiger partial charge is 0.455 e. The van der Waals surface area contributed by atoms with Crippen LogP contribution >= 0.6 is 0 Å². The van der Waals surface area contributed by atoms with Gasteiger partial charge < -0.3 is 29.0 Å². The molecule has 6 rings (SSSR count). The molecule has 3 aromatic rings. The Morgan fingerprint density at radius 3 is 2.39 bits per heavy atom. The first-order valence-electron chi connectivity index (χ1n) is 15.9. The standard InChI is InChI=1S/C33H41FN4O7S/c1-21-26-17-27-29(45-31(30(27)32(39)35-2)22-7-9-23(34)10-8-22)18-28(26)38(46(3,41)42)19-25(44-21)20-43-33(40)37-15-11-24(12-16-37)36-13-5-4-6-14-36/h7-10,17-18,21,24-25H,4-6,11-16,19-20H2,1-3H3,(H,35,39)/t21-,25-/m0/s1. The second kappa shape index (κ2) is 13.2. The monoisotopic (exact) mass is 656 g/mol. The van der Waals surface area contributed by atoms with Gasteiger partial charge in [-0.05, 0) is 76.0 Å². The molecule has 248 valence electrons. The van der Waals surface area contributed by atoms with Gasteiger partial charge >= 0.3 is 6.09 Å². The zero-order valence-electron chi connectivity index (χ0n) is 26.5. The molecule has 11 nitrogen and oxygen atoms in total. The molecule has 13 heteroatoms. The minimum atomic E-state index is -3.81. The lowest BCUT2D eigenvalue weighted by atomic mass is 10.0. The van der Waals surface area contributed by atoms with Crippen molar-refractivity contribution in [1.29, 1.82) is 0 Å². The van der Waals surface area contributed by atoms with Crippen LogP contribution in [0.2, 0.25) is 0 Å². The molecule has 0 radical (unpaired) electrons. The number of nitrogens with one attached hydrogen (secondary N) is 1. The Morgan fingerprint density at radius 2 is 1.74 bits per heavy atom. The lowest BCUT2D eigenvalue weighted by Gasteiger charge is -2.39. The minimum absolute atomic E-state index is 0.0835. The predicted molar refractivity (Wildman–Crippen MR) is 172 cm³/mol. The highest BCUT2D eigenvalue weighted by Crippen LogP contribution is 2.42. The minimum Gasteiger partial charge on any atom is -0.455 e. The number of amides is 2. The van der Waals surface area contributed by atoms with Crippen molar-refractivity contribution in [1.82, 2.24) is 15.1 Å². The molecule has 2 atom stereocenters. The van der Waals surface area contributed by atoms with E-state index in [9.17, 15) is 22.4 Å². The summed E-state index contributed by atoms with van der Waals surface area (Å²) in [6.07, 6.45) is 4.88. The van der Waals surface area contributed by atoms with Gasteiger partial charge in [-0.3, -0.25) is 9.10 Å². The van der Waals surface area contributed by atoms with Gasteiger partial charge in [0.1, 0.15) is 29.9 Å². The third-order valence-corrected chi connectivity index (χ3v) is 10.4. The van der Waals surface area contributed by atoms with Gasteiger partial charge in [-0.1, -0.05) is 6.42 Å². The summed E-state index contributed by atoms with van der Waals surface area (Å²) in [5, 5.41) is 3.09. The van der Waals surface area contributed by atoms with Crippen molar-refractivity contribution in [3.63, 3.8) is 0 Å². The Morgan fingerprint density at radius 1 is 1.04 bits per heavy atom. The van der Waals surface area contributed by atoms with Crippen molar-refractivity contribution in [2.45, 2.75) is 57.3 Å². The molecule has 3 aliphatic heterocycles. The molecule has 4 heterocycles. The number of carbonyl (C=O) groups is 2. The third kappa shape index (κ3) is 6.58. The molecule has 3 aliphatic rings. The molecular formula is C33H41FN4O7S. The number of ether oxygens (including phenoxy) is 2. The number of nitrogens with zero attached hydrogens (tertiary/aromatic N) is 3. The molecule has 2 saturated heterocycles. The molecule has 0 unspecified atom stereocenters. The topological polar surface area (TPSA) is 122 Å². The Kier molecular flexibility index (Phi) is 9.26. The molecule has 0 spiro atoms. The Labute approximate surface area is 268 Å². The van der Waals surface area contributed by atoms with Gasteiger partial charge in [0.15, 0.2) is 0 Å². The van der Waals surface area contributed by atoms with E-state index in [-0.39, 0.29) is 30.1 Å². The fraction of sp³-hybridized carbons (Fsp3) is 0.515. The molecule has 0 bridgehead atoms. The number of furan rings is 1. The van der Waals surface area contributed by atoms with Crippen molar-refractivity contribution < 1.29 is 36.3 Å². The van der Waals surface area contributed by atoms with Crippen molar-refractivity contribution in [3.8, 4) is 11.3 Å². The summed E-state index contributed by atoms with van der Waals surface area (Å²) in [5.41, 5.74) is 1.90. The number of rotatable bonds is 6. The SMILES string of the molecule is CNC(=O)c1c(-c2ccc(F)cc2)oc2cc3c(cc12)[C@H](C)O[C@H](COC(=O)N1CCC(N2CCCCC2)CC1)CN3S(C)(=O)=O. The van der Waals surface area contributed by atoms with Crippen molar-refractivity contribution in [2.75, 3.05) is 56.9 Å². The first-order chi connectivity index (χ1) is 22.0. The highest BCUT2D eigenvalue weighted by molar-refractivity contribution is 7.92. The summed E-state index contributed by atoms with van der Waals surface area (Å²) in [7, 11) is -2.31. The van der Waals surface area contributed by atoms with Crippen LogP contribution in [-0.2, 0) is 19.5 Å². The molecule has 1 N–H and O–H groups in total. The first-order valence-corrected chi connectivity index (χ1v) is 17.8. The smallest absolute Gasteiger partial charge is 0.409 e. The number of hydrogen-bond acceptors (Lipinski definition) is 8. The van der Waals surface area contributed by atoms with Gasteiger partial charge in [0.2, 0.25) is 10.0 Å². The molecule has 2 amide bonds. The van der Waals surface area contributed by atoms with Gasteiger partial charge in [0.25, 0.3) is 5.91 Å². The normalized spacial score (nSPS) is 21.6. The Hall–Kier alpha value is -3.68. The predicted octanol–water partition coefficient (Wildman–Crippen LogP) is 4.91. The zero-order valence-corrected chi connectivity index (χ0v) is 27.3. The fourth-order valence-corrected chi connectivity index (χ4v) is 7.84. The number of piperidine rings is 2. The summed E-state index contributed by atoms with van der Waals surface area (Å²) >= 11 is 0. The van der Waals surface area contributed by atoms with Crippen LogP contribution in [-0.4, -0.2) is 95.0 Å². The third-order valence-electron chi connectivity index (χ3n) is 9.29. The number of anilines is 1. The molecule has 0 aliphatic carbocycles. The van der Waals surface area contributed by atoms with Crippen LogP contribution in [0.4, 0.5) is 14.9 Å². The Bertz CT molecular complexity index is 1700. The van der Waals surface area contributed by atoms with Crippen molar-refractivity contribution in [2.24, 2.45) is 0 Å². The van der Waals surface area contributed by atoms with Crippen LogP contribution in [0, 0.1) is 5.82 Å². The summed E-state index contributed by atoms with van der Waals surface area (Å²) in [6, 6.07) is 9.37. The number of likely N-dealkylation sites (tertiary alicyclic amines) is 2. The summed E-state index contributed by atoms with van der Waals surface area (Å²) in [4.78, 5) is 30.4. The number of benzene rings is 2. The quantitative estimate of drug-likeness (QED) is 0.398. The van der Waals surface area contributed by atoms with E-state index in [4.69, 9.17) is 13.9 Å². The molecule has 1 aromatic heterocycles. The number of sulfonamides is 1. The van der Waals surface area contributed by atoms with Gasteiger partial charge in [-0.2, -0.15) is 0 Å². The lowest BCUT2D eigenvalue weighted by molar-refractivity contribution is -0.0337. The van der Waals surface area contributed by atoms with Gasteiger partial charge in [-0.15, -0.1) is 0 Å². The van der Waals surface area contributed by atoms with E-state index >= 15 is 0 Å². The highest BCUT2D eigenvalue weighted by Gasteiger charge is 2.35. The molecule has 46 heavy (non-hydrogen) atoms. The average Bonchev–Trinajstić information content (AvgIpc) is 3.36. The van der Waals surface area contributed by atoms with Gasteiger partial charge in [0.05, 0.1) is 30.2 Å². The maximum atomic E-state index is 13.7. The fourth-order valence-electron chi connectivity index (χ4n) is 6.89. The summed E-state index contributed by atoms with van der Waals surface area (Å²) in [6.45, 7) is 5.07. The van der Waals surface area contributed by atoms with Gasteiger partial charge in [0, 0.05) is 48.8 Å². The van der Waals surface area contributed by atoms with Crippen LogP contribution < -0.4 is 9.62 Å². The van der Waals surface area contributed by atoms with E-state index in [1.165, 1.54) is 54.9 Å². The second-order valence-electron chi connectivity index (χ2n) is 12.4. The molecule has 2 fully saturated rings. The molecule has 2 aromatic carbocycles. The van der Waals surface area contributed by atoms with Crippen LogP contribution in [0.15, 0.2) is 40.8 Å². The number of carbonyl (C=O) groups excluding carboxylic acids is 2. The number of fused-ring (bicyclic) bond motifs is 2. The van der Waals surface area contributed by atoms with E-state index < -0.39 is 40.0 Å². The summed E-state index contributed by atoms with van der Waals surface area (Å²) < 4.78 is 59.3. The average molecular weight is 657 g/mol. The molecule has 0 saturated carbocycles. The first kappa shape index (κ1) is 32.3. The van der Waals surface area contributed by atoms with E-state index in [0.29, 0.717) is 41.3 Å². The summed E-state index contributed by atoms with van der Waals surface area (Å²) in [5.74, 6) is -0.607. The van der Waals surface area contributed by atoms with E-state index in [1.807, 2.05) is 0 Å². The van der Waals surface area contributed by atoms with Gasteiger partial charge in [-0.25, -0.2) is 17.6 Å². The second-order valence-corrected chi connectivity index (χ2v) is 14.3. The Balaban J connectivity index is 1.22. The maximum absolute atomic E-state index is 13.7. The maximum Gasteiger partial charge on any atom is 0.409 e. The number of hydrogen-bond donors (Lipinski definition) is 1. The van der Waals surface area contributed by atoms with Crippen LogP contribution in [0.5, 0.6) is 0 Å². The zero-order chi connectivity index (χ0) is 32.6. The van der Waals surface area contributed by atoms with Crippen molar-refractivity contribution >= 4 is 38.7 Å². The van der Waals surface area contributed by atoms with E-state index in [2.05, 4.69) is 10.2 Å². The van der Waals surface area contributed by atoms with E-state index in [0.717, 1.165) is 32.2 Å². The van der Waals surface area contributed by atoms with Crippen molar-refractivity contribution in [3.05, 3.63) is 53.3 Å². The van der Waals surface area contributed by atoms with Crippen LogP contribution in [0.3, 0.4) is 0 Å².